The number of hydrogen-bond donors (Lipinski definition) is 1. The molecule has 0 unspecified atom stereocenters. The number of aromatic amines is 1. The maximum absolute atomic E-state index is 11.8. The molecule has 9 heteroatoms. The quantitative estimate of drug-likeness (QED) is 0.402. The van der Waals surface area contributed by atoms with E-state index in [9.17, 15) is 14.9 Å². The van der Waals surface area contributed by atoms with Crippen LogP contribution in [0.3, 0.4) is 0 Å². The predicted molar refractivity (Wildman–Crippen MR) is 78.5 cm³/mol. The van der Waals surface area contributed by atoms with Gasteiger partial charge in [-0.1, -0.05) is 29.4 Å². The van der Waals surface area contributed by atoms with Crippen LogP contribution in [0.1, 0.15) is 5.56 Å². The fourth-order valence-electron chi connectivity index (χ4n) is 1.66. The van der Waals surface area contributed by atoms with Crippen LogP contribution in [0.15, 0.2) is 28.2 Å². The molecule has 1 aromatic carbocycles. The van der Waals surface area contributed by atoms with Crippen molar-refractivity contribution in [3.8, 4) is 17.3 Å². The molecule has 1 heterocycles. The molecular formula is C12H7ClN4O3S. The molecule has 2 rings (SSSR count). The summed E-state index contributed by atoms with van der Waals surface area (Å²) in [5.74, 6) is 0. The molecule has 0 amide bonds. The summed E-state index contributed by atoms with van der Waals surface area (Å²) in [6, 6.07) is 5.75. The molecule has 0 aliphatic carbocycles. The number of H-pyrrole nitrogens is 1. The highest BCUT2D eigenvalue weighted by Gasteiger charge is 2.18. The number of nitriles is 1. The van der Waals surface area contributed by atoms with Crippen molar-refractivity contribution in [3.05, 3.63) is 49.3 Å². The summed E-state index contributed by atoms with van der Waals surface area (Å²) < 4.78 is 0. The molecular weight excluding hydrogens is 316 g/mol. The highest BCUT2D eigenvalue weighted by atomic mass is 35.5. The number of nitro groups is 1. The van der Waals surface area contributed by atoms with Crippen molar-refractivity contribution in [2.75, 3.05) is 6.26 Å². The number of nitrogens with one attached hydrogen (secondary N) is 1. The molecule has 21 heavy (non-hydrogen) atoms. The van der Waals surface area contributed by atoms with Gasteiger partial charge in [0.25, 0.3) is 11.2 Å². The highest BCUT2D eigenvalue weighted by molar-refractivity contribution is 7.98. The predicted octanol–water partition coefficient (Wildman–Crippen LogP) is 2.59. The number of hydrogen-bond acceptors (Lipinski definition) is 6. The van der Waals surface area contributed by atoms with E-state index in [1.54, 1.807) is 12.3 Å². The number of aromatic nitrogens is 2. The molecule has 0 fully saturated rings. The summed E-state index contributed by atoms with van der Waals surface area (Å²) in [5.41, 5.74) is -0.742. The third kappa shape index (κ3) is 2.89. The average Bonchev–Trinajstić information content (AvgIpc) is 2.46. The first-order valence-electron chi connectivity index (χ1n) is 5.50. The number of thioether (sulfide) groups is 1. The SMILES string of the molecule is CSc1nc(-c2ccc(Cl)c([N+](=O)[O-])c2)c(C#N)c(=O)[nH]1. The number of halogens is 1. The Hall–Kier alpha value is -2.37. The van der Waals surface area contributed by atoms with Gasteiger partial charge in [-0.3, -0.25) is 14.9 Å². The highest BCUT2D eigenvalue weighted by Crippen LogP contribution is 2.30. The van der Waals surface area contributed by atoms with Crippen LogP contribution in [0, 0.1) is 21.4 Å². The number of nitrogens with zero attached hydrogens (tertiary/aromatic N) is 3. The van der Waals surface area contributed by atoms with Crippen molar-refractivity contribution in [3.63, 3.8) is 0 Å². The Morgan fingerprint density at radius 3 is 2.81 bits per heavy atom. The van der Waals surface area contributed by atoms with Gasteiger partial charge in [-0.25, -0.2) is 4.98 Å². The van der Waals surface area contributed by atoms with Gasteiger partial charge in [0.05, 0.1) is 10.6 Å². The molecule has 0 aliphatic rings. The Morgan fingerprint density at radius 1 is 1.52 bits per heavy atom. The van der Waals surface area contributed by atoms with Crippen molar-refractivity contribution in [1.82, 2.24) is 9.97 Å². The summed E-state index contributed by atoms with van der Waals surface area (Å²) in [5, 5.41) is 20.3. The van der Waals surface area contributed by atoms with E-state index in [1.807, 2.05) is 0 Å². The largest absolute Gasteiger partial charge is 0.300 e. The second-order valence-corrected chi connectivity index (χ2v) is 5.04. The minimum Gasteiger partial charge on any atom is -0.300 e. The molecule has 0 aliphatic heterocycles. The van der Waals surface area contributed by atoms with Gasteiger partial charge in [0, 0.05) is 11.6 Å². The fraction of sp³-hybridized carbons (Fsp3) is 0.0833. The van der Waals surface area contributed by atoms with E-state index in [4.69, 9.17) is 16.9 Å². The zero-order valence-corrected chi connectivity index (χ0v) is 12.2. The molecule has 0 radical (unpaired) electrons. The molecule has 0 saturated heterocycles. The zero-order chi connectivity index (χ0) is 15.6. The monoisotopic (exact) mass is 322 g/mol. The van der Waals surface area contributed by atoms with Crippen LogP contribution < -0.4 is 5.56 Å². The Bertz CT molecular complexity index is 828. The third-order valence-electron chi connectivity index (χ3n) is 2.62. The van der Waals surface area contributed by atoms with Gasteiger partial charge < -0.3 is 4.98 Å². The molecule has 2 aromatic rings. The van der Waals surface area contributed by atoms with E-state index in [0.717, 1.165) is 0 Å². The van der Waals surface area contributed by atoms with Crippen LogP contribution in [0.4, 0.5) is 5.69 Å². The second kappa shape index (κ2) is 5.95. The van der Waals surface area contributed by atoms with E-state index >= 15 is 0 Å². The van der Waals surface area contributed by atoms with Crippen LogP contribution in [-0.2, 0) is 0 Å². The van der Waals surface area contributed by atoms with Crippen LogP contribution in [0.25, 0.3) is 11.3 Å². The van der Waals surface area contributed by atoms with Crippen molar-refractivity contribution in [2.45, 2.75) is 5.16 Å². The van der Waals surface area contributed by atoms with Crippen molar-refractivity contribution >= 4 is 29.1 Å². The molecule has 1 N–H and O–H groups in total. The molecule has 7 nitrogen and oxygen atoms in total. The summed E-state index contributed by atoms with van der Waals surface area (Å²) in [6.45, 7) is 0. The van der Waals surface area contributed by atoms with Crippen LogP contribution >= 0.6 is 23.4 Å². The zero-order valence-electron chi connectivity index (χ0n) is 10.6. The van der Waals surface area contributed by atoms with E-state index in [2.05, 4.69) is 9.97 Å². The Balaban J connectivity index is 2.75. The molecule has 0 atom stereocenters. The minimum absolute atomic E-state index is 0.0304. The van der Waals surface area contributed by atoms with Crippen LogP contribution in [0.5, 0.6) is 0 Å². The lowest BCUT2D eigenvalue weighted by molar-refractivity contribution is -0.384. The van der Waals surface area contributed by atoms with Crippen LogP contribution in [-0.4, -0.2) is 21.1 Å². The Labute approximate surface area is 127 Å². The third-order valence-corrected chi connectivity index (χ3v) is 3.52. The first kappa shape index (κ1) is 15.0. The van der Waals surface area contributed by atoms with Gasteiger partial charge in [0.2, 0.25) is 0 Å². The van der Waals surface area contributed by atoms with Gasteiger partial charge in [-0.2, -0.15) is 5.26 Å². The van der Waals surface area contributed by atoms with Gasteiger partial charge >= 0.3 is 0 Å². The van der Waals surface area contributed by atoms with Crippen molar-refractivity contribution in [2.24, 2.45) is 0 Å². The Kier molecular flexibility index (Phi) is 4.26. The Morgan fingerprint density at radius 2 is 2.24 bits per heavy atom. The lowest BCUT2D eigenvalue weighted by Gasteiger charge is -2.05. The maximum atomic E-state index is 11.8. The van der Waals surface area contributed by atoms with Crippen molar-refractivity contribution in [1.29, 1.82) is 5.26 Å². The molecule has 0 bridgehead atoms. The first-order chi connectivity index (χ1) is 9.97. The summed E-state index contributed by atoms with van der Waals surface area (Å²) in [7, 11) is 0. The van der Waals surface area contributed by atoms with Gasteiger partial charge in [-0.15, -0.1) is 0 Å². The van der Waals surface area contributed by atoms with E-state index in [1.165, 1.54) is 30.0 Å². The first-order valence-corrected chi connectivity index (χ1v) is 7.11. The fourth-order valence-corrected chi connectivity index (χ4v) is 2.23. The molecule has 0 saturated carbocycles. The normalized spacial score (nSPS) is 10.1. The van der Waals surface area contributed by atoms with E-state index < -0.39 is 10.5 Å². The maximum Gasteiger partial charge on any atom is 0.288 e. The molecule has 106 valence electrons. The number of rotatable bonds is 3. The summed E-state index contributed by atoms with van der Waals surface area (Å²) in [6.07, 6.45) is 1.71. The second-order valence-electron chi connectivity index (χ2n) is 3.83. The molecule has 1 aromatic heterocycles. The topological polar surface area (TPSA) is 113 Å². The van der Waals surface area contributed by atoms with Gasteiger partial charge in [0.15, 0.2) is 5.16 Å². The van der Waals surface area contributed by atoms with Crippen molar-refractivity contribution < 1.29 is 4.92 Å². The van der Waals surface area contributed by atoms with E-state index in [0.29, 0.717) is 5.16 Å². The number of nitro benzene ring substituents is 1. The summed E-state index contributed by atoms with van der Waals surface area (Å²) >= 11 is 6.93. The van der Waals surface area contributed by atoms with Crippen LogP contribution in [0.2, 0.25) is 5.02 Å². The van der Waals surface area contributed by atoms with Gasteiger partial charge in [-0.05, 0) is 12.3 Å². The molecule has 0 spiro atoms. The standard InChI is InChI=1S/C12H7ClN4O3S/c1-21-12-15-10(7(5-14)11(18)16-12)6-2-3-8(13)9(4-6)17(19)20/h2-4H,1H3,(H,15,16,18). The smallest absolute Gasteiger partial charge is 0.288 e. The lowest BCUT2D eigenvalue weighted by atomic mass is 10.1. The average molecular weight is 323 g/mol. The van der Waals surface area contributed by atoms with Gasteiger partial charge in [0.1, 0.15) is 16.7 Å². The lowest BCUT2D eigenvalue weighted by Crippen LogP contribution is -2.14. The minimum atomic E-state index is -0.638. The number of benzene rings is 1. The van der Waals surface area contributed by atoms with E-state index in [-0.39, 0.29) is 27.5 Å². The summed E-state index contributed by atoms with van der Waals surface area (Å²) in [4.78, 5) is 28.7.